The van der Waals surface area contributed by atoms with Gasteiger partial charge in [0.15, 0.2) is 0 Å². The van der Waals surface area contributed by atoms with Crippen LogP contribution in [-0.2, 0) is 0 Å². The molecule has 15 heavy (non-hydrogen) atoms. The predicted octanol–water partition coefficient (Wildman–Crippen LogP) is 4.42. The molecular weight excluding hydrogens is 180 g/mol. The molecule has 0 unspecified atom stereocenters. The summed E-state index contributed by atoms with van der Waals surface area (Å²) in [5.41, 5.74) is 2.71. The minimum absolute atomic E-state index is 0.515. The number of hydrogen-bond donors (Lipinski definition) is 0. The van der Waals surface area contributed by atoms with E-state index in [2.05, 4.69) is 27.4 Å². The van der Waals surface area contributed by atoms with Gasteiger partial charge in [0, 0.05) is 0 Å². The normalized spacial score (nSPS) is 51.9. The molecule has 3 aliphatic carbocycles. The standard InChI is InChI=1S/C15H24/c1-10-11-6-7-12-13(11)14(2,3)8-5-9-15(10,12)4/h11-13H,1,5-9H2,2-4H3/t11-,12+,13+,15-/m0/s1. The first-order valence-electron chi connectivity index (χ1n) is 6.66. The second kappa shape index (κ2) is 2.70. The first kappa shape index (κ1) is 9.93. The SMILES string of the molecule is C=C1[C@@H]2CC[C@@H]3[C@@H]2C(C)(C)CCC[C@@]13C. The Labute approximate surface area is 94.1 Å². The molecule has 0 saturated heterocycles. The first-order chi connectivity index (χ1) is 6.97. The molecule has 84 valence electrons. The van der Waals surface area contributed by atoms with Crippen LogP contribution in [0.5, 0.6) is 0 Å². The molecule has 4 bridgehead atoms. The summed E-state index contributed by atoms with van der Waals surface area (Å²) in [4.78, 5) is 0. The van der Waals surface area contributed by atoms with Gasteiger partial charge in [-0.15, -0.1) is 0 Å². The van der Waals surface area contributed by atoms with Gasteiger partial charge in [-0.1, -0.05) is 39.3 Å². The Balaban J connectivity index is 2.10. The highest BCUT2D eigenvalue weighted by Gasteiger charge is 2.61. The van der Waals surface area contributed by atoms with Crippen LogP contribution in [0.4, 0.5) is 0 Å². The van der Waals surface area contributed by atoms with E-state index in [1.807, 2.05) is 0 Å². The zero-order valence-electron chi connectivity index (χ0n) is 10.5. The van der Waals surface area contributed by atoms with E-state index < -0.39 is 0 Å². The van der Waals surface area contributed by atoms with Crippen molar-refractivity contribution < 1.29 is 0 Å². The van der Waals surface area contributed by atoms with Gasteiger partial charge in [-0.3, -0.25) is 0 Å². The predicted molar refractivity (Wildman–Crippen MR) is 64.6 cm³/mol. The van der Waals surface area contributed by atoms with Crippen LogP contribution in [0.15, 0.2) is 12.2 Å². The van der Waals surface area contributed by atoms with Gasteiger partial charge in [-0.25, -0.2) is 0 Å². The van der Waals surface area contributed by atoms with Crippen LogP contribution in [0.2, 0.25) is 0 Å². The molecule has 0 heteroatoms. The van der Waals surface area contributed by atoms with Crippen LogP contribution in [-0.4, -0.2) is 0 Å². The summed E-state index contributed by atoms with van der Waals surface area (Å²) in [5, 5.41) is 0. The van der Waals surface area contributed by atoms with E-state index in [1.165, 1.54) is 32.1 Å². The number of rotatable bonds is 0. The highest BCUT2D eigenvalue weighted by Crippen LogP contribution is 2.70. The zero-order valence-corrected chi connectivity index (χ0v) is 10.5. The van der Waals surface area contributed by atoms with E-state index in [0.29, 0.717) is 10.8 Å². The van der Waals surface area contributed by atoms with E-state index in [9.17, 15) is 0 Å². The maximum absolute atomic E-state index is 4.46. The molecule has 0 aliphatic heterocycles. The van der Waals surface area contributed by atoms with E-state index in [0.717, 1.165) is 17.8 Å². The molecule has 3 rings (SSSR count). The third kappa shape index (κ3) is 1.04. The molecule has 0 N–H and O–H groups in total. The van der Waals surface area contributed by atoms with Crippen molar-refractivity contribution in [2.45, 2.75) is 52.9 Å². The van der Waals surface area contributed by atoms with E-state index in [1.54, 1.807) is 5.57 Å². The van der Waals surface area contributed by atoms with Gasteiger partial charge < -0.3 is 0 Å². The topological polar surface area (TPSA) is 0 Å². The van der Waals surface area contributed by atoms with Gasteiger partial charge >= 0.3 is 0 Å². The number of hydrogen-bond acceptors (Lipinski definition) is 0. The Kier molecular flexibility index (Phi) is 1.79. The van der Waals surface area contributed by atoms with Gasteiger partial charge in [0.05, 0.1) is 0 Å². The van der Waals surface area contributed by atoms with Crippen LogP contribution in [0.3, 0.4) is 0 Å². The molecule has 4 atom stereocenters. The Hall–Kier alpha value is -0.260. The molecule has 0 aromatic carbocycles. The third-order valence-corrected chi connectivity index (χ3v) is 6.07. The molecule has 3 aliphatic rings. The molecule has 3 saturated carbocycles. The third-order valence-electron chi connectivity index (χ3n) is 6.07. The highest BCUT2D eigenvalue weighted by atomic mass is 14.7. The van der Waals surface area contributed by atoms with Gasteiger partial charge in [0.2, 0.25) is 0 Å². The van der Waals surface area contributed by atoms with Crippen molar-refractivity contribution in [3.63, 3.8) is 0 Å². The van der Waals surface area contributed by atoms with Crippen LogP contribution < -0.4 is 0 Å². The van der Waals surface area contributed by atoms with Crippen molar-refractivity contribution in [3.8, 4) is 0 Å². The lowest BCUT2D eigenvalue weighted by Gasteiger charge is -2.35. The average Bonchev–Trinajstić information content (AvgIpc) is 2.63. The fourth-order valence-corrected chi connectivity index (χ4v) is 5.28. The second-order valence-electron chi connectivity index (χ2n) is 7.10. The van der Waals surface area contributed by atoms with E-state index in [4.69, 9.17) is 0 Å². The highest BCUT2D eigenvalue weighted by molar-refractivity contribution is 5.29. The summed E-state index contributed by atoms with van der Waals surface area (Å²) in [6.07, 6.45) is 7.18. The average molecular weight is 204 g/mol. The Morgan fingerprint density at radius 1 is 1.13 bits per heavy atom. The summed E-state index contributed by atoms with van der Waals surface area (Å²) in [6.45, 7) is 12.0. The summed E-state index contributed by atoms with van der Waals surface area (Å²) in [5.74, 6) is 2.79. The molecule has 0 heterocycles. The van der Waals surface area contributed by atoms with Gasteiger partial charge in [0.1, 0.15) is 0 Å². The fraction of sp³-hybridized carbons (Fsp3) is 0.867. The maximum atomic E-state index is 4.46. The van der Waals surface area contributed by atoms with Crippen molar-refractivity contribution in [2.75, 3.05) is 0 Å². The largest absolute Gasteiger partial charge is 0.0990 e. The molecule has 3 fully saturated rings. The van der Waals surface area contributed by atoms with Crippen LogP contribution in [0.25, 0.3) is 0 Å². The second-order valence-corrected chi connectivity index (χ2v) is 7.10. The minimum Gasteiger partial charge on any atom is -0.0990 e. The lowest BCUT2D eigenvalue weighted by Crippen LogP contribution is -2.28. The van der Waals surface area contributed by atoms with E-state index in [-0.39, 0.29) is 0 Å². The van der Waals surface area contributed by atoms with Crippen molar-refractivity contribution >= 4 is 0 Å². The van der Waals surface area contributed by atoms with Crippen LogP contribution in [0, 0.1) is 28.6 Å². The quantitative estimate of drug-likeness (QED) is 0.513. The summed E-state index contributed by atoms with van der Waals surface area (Å²) >= 11 is 0. The fourth-order valence-electron chi connectivity index (χ4n) is 5.28. The molecule has 0 spiro atoms. The molecule has 0 nitrogen and oxygen atoms in total. The Morgan fingerprint density at radius 2 is 1.87 bits per heavy atom. The van der Waals surface area contributed by atoms with E-state index >= 15 is 0 Å². The van der Waals surface area contributed by atoms with Crippen LogP contribution >= 0.6 is 0 Å². The zero-order chi connectivity index (χ0) is 10.8. The smallest absolute Gasteiger partial charge is 0.00849 e. The van der Waals surface area contributed by atoms with Gasteiger partial charge in [0.25, 0.3) is 0 Å². The summed E-state index contributed by atoms with van der Waals surface area (Å²) in [6, 6.07) is 0. The monoisotopic (exact) mass is 204 g/mol. The molecule has 0 amide bonds. The van der Waals surface area contributed by atoms with Crippen molar-refractivity contribution in [2.24, 2.45) is 28.6 Å². The Bertz CT molecular complexity index is 312. The molecular formula is C15H24. The molecule has 0 radical (unpaired) electrons. The van der Waals surface area contributed by atoms with Crippen LogP contribution in [0.1, 0.15) is 52.9 Å². The Morgan fingerprint density at radius 3 is 2.60 bits per heavy atom. The molecule has 0 aromatic heterocycles. The van der Waals surface area contributed by atoms with Crippen molar-refractivity contribution in [3.05, 3.63) is 12.2 Å². The summed E-state index contributed by atoms with van der Waals surface area (Å²) in [7, 11) is 0. The lowest BCUT2D eigenvalue weighted by atomic mass is 9.69. The lowest BCUT2D eigenvalue weighted by molar-refractivity contribution is 0.141. The molecule has 0 aromatic rings. The maximum Gasteiger partial charge on any atom is -0.00849 e. The summed E-state index contributed by atoms with van der Waals surface area (Å²) < 4.78 is 0. The minimum atomic E-state index is 0.515. The van der Waals surface area contributed by atoms with Crippen molar-refractivity contribution in [1.29, 1.82) is 0 Å². The van der Waals surface area contributed by atoms with Crippen molar-refractivity contribution in [1.82, 2.24) is 0 Å². The first-order valence-corrected chi connectivity index (χ1v) is 6.66. The van der Waals surface area contributed by atoms with Gasteiger partial charge in [-0.2, -0.15) is 0 Å². The number of allylic oxidation sites excluding steroid dienone is 1. The van der Waals surface area contributed by atoms with Gasteiger partial charge in [-0.05, 0) is 54.3 Å².